The van der Waals surface area contributed by atoms with Gasteiger partial charge in [0, 0.05) is 23.5 Å². The number of carboxylic acids is 1. The molecule has 1 aliphatic rings. The first-order valence-corrected chi connectivity index (χ1v) is 10.8. The summed E-state index contributed by atoms with van der Waals surface area (Å²) in [4.78, 5) is 14.8. The van der Waals surface area contributed by atoms with Crippen LogP contribution in [0.2, 0.25) is 0 Å². The molecule has 0 saturated carbocycles. The van der Waals surface area contributed by atoms with Gasteiger partial charge < -0.3 is 19.5 Å². The van der Waals surface area contributed by atoms with Crippen molar-refractivity contribution in [2.45, 2.75) is 26.2 Å². The van der Waals surface area contributed by atoms with Crippen LogP contribution in [0.15, 0.2) is 35.7 Å². The molecular weight excluding hydrogens is 386 g/mol. The second-order valence-corrected chi connectivity index (χ2v) is 8.27. The van der Waals surface area contributed by atoms with Gasteiger partial charge in [0.2, 0.25) is 0 Å². The van der Waals surface area contributed by atoms with Gasteiger partial charge in [-0.2, -0.15) is 0 Å². The number of carbonyl (C=O) groups is 1. The number of hydrogen-bond acceptors (Lipinski definition) is 5. The first-order chi connectivity index (χ1) is 14.0. The number of thiophene rings is 1. The van der Waals surface area contributed by atoms with Gasteiger partial charge in [0.15, 0.2) is 11.5 Å². The van der Waals surface area contributed by atoms with Crippen LogP contribution in [0.25, 0.3) is 5.57 Å². The molecule has 1 fully saturated rings. The van der Waals surface area contributed by atoms with Gasteiger partial charge in [-0.25, -0.2) is 0 Å². The molecule has 1 aromatic heterocycles. The molecule has 29 heavy (non-hydrogen) atoms. The van der Waals surface area contributed by atoms with Crippen molar-refractivity contribution >= 4 is 22.9 Å². The molecule has 0 radical (unpaired) electrons. The van der Waals surface area contributed by atoms with E-state index in [0.29, 0.717) is 12.3 Å². The average Bonchev–Trinajstić information content (AvgIpc) is 3.16. The van der Waals surface area contributed by atoms with Crippen LogP contribution in [-0.4, -0.2) is 49.8 Å². The Morgan fingerprint density at radius 3 is 2.79 bits per heavy atom. The molecule has 2 aromatic rings. The summed E-state index contributed by atoms with van der Waals surface area (Å²) in [5.41, 5.74) is 3.38. The topological polar surface area (TPSA) is 59.0 Å². The minimum Gasteiger partial charge on any atom is -0.493 e. The van der Waals surface area contributed by atoms with E-state index in [1.807, 2.05) is 12.1 Å². The van der Waals surface area contributed by atoms with Crippen molar-refractivity contribution < 1.29 is 19.4 Å². The van der Waals surface area contributed by atoms with Gasteiger partial charge in [0.05, 0.1) is 20.1 Å². The Morgan fingerprint density at radius 2 is 2.14 bits per heavy atom. The molecule has 1 atom stereocenters. The van der Waals surface area contributed by atoms with Crippen LogP contribution in [0.5, 0.6) is 11.5 Å². The lowest BCUT2D eigenvalue weighted by Gasteiger charge is -2.30. The van der Waals surface area contributed by atoms with Gasteiger partial charge in [-0.1, -0.05) is 18.2 Å². The highest BCUT2D eigenvalue weighted by atomic mass is 32.1. The van der Waals surface area contributed by atoms with E-state index < -0.39 is 5.97 Å². The maximum atomic E-state index is 11.3. The number of likely N-dealkylation sites (tertiary alicyclic amines) is 1. The molecular formula is C23H29NO4S. The maximum Gasteiger partial charge on any atom is 0.307 e. The van der Waals surface area contributed by atoms with Crippen molar-refractivity contribution in [2.75, 3.05) is 33.9 Å². The Bertz CT molecular complexity index is 874. The average molecular weight is 416 g/mol. The summed E-state index contributed by atoms with van der Waals surface area (Å²) in [5.74, 6) is 0.523. The maximum absolute atomic E-state index is 11.3. The van der Waals surface area contributed by atoms with E-state index >= 15 is 0 Å². The number of carboxylic acid groups (broad SMARTS) is 1. The second-order valence-electron chi connectivity index (χ2n) is 7.36. The zero-order valence-corrected chi connectivity index (χ0v) is 18.1. The lowest BCUT2D eigenvalue weighted by Crippen LogP contribution is -2.39. The van der Waals surface area contributed by atoms with Crippen molar-refractivity contribution in [3.05, 3.63) is 51.7 Å². The predicted octanol–water partition coefficient (Wildman–Crippen LogP) is 4.69. The van der Waals surface area contributed by atoms with Gasteiger partial charge in [-0.3, -0.25) is 4.79 Å². The predicted molar refractivity (Wildman–Crippen MR) is 117 cm³/mol. The van der Waals surface area contributed by atoms with Crippen molar-refractivity contribution in [3.63, 3.8) is 0 Å². The third kappa shape index (κ3) is 5.00. The molecule has 156 valence electrons. The number of ether oxygens (including phenoxy) is 2. The van der Waals surface area contributed by atoms with Crippen LogP contribution >= 0.6 is 11.3 Å². The first-order valence-electron chi connectivity index (χ1n) is 9.96. The molecule has 1 aliphatic heterocycles. The van der Waals surface area contributed by atoms with Crippen LogP contribution < -0.4 is 9.47 Å². The third-order valence-corrected chi connectivity index (χ3v) is 6.50. The Labute approximate surface area is 176 Å². The molecule has 1 unspecified atom stereocenters. The lowest BCUT2D eigenvalue weighted by atomic mass is 9.97. The Morgan fingerprint density at radius 1 is 1.31 bits per heavy atom. The van der Waals surface area contributed by atoms with Crippen LogP contribution in [0.3, 0.4) is 0 Å². The number of benzene rings is 1. The summed E-state index contributed by atoms with van der Waals surface area (Å²) in [6.07, 6.45) is 4.82. The molecule has 0 bridgehead atoms. The molecule has 1 aromatic carbocycles. The highest BCUT2D eigenvalue weighted by Crippen LogP contribution is 2.40. The minimum absolute atomic E-state index is 0.245. The number of aryl methyl sites for hydroxylation is 1. The Balaban J connectivity index is 1.86. The number of methoxy groups -OCH3 is 2. The molecule has 2 heterocycles. The van der Waals surface area contributed by atoms with Gasteiger partial charge in [-0.15, -0.1) is 11.3 Å². The minimum atomic E-state index is -0.679. The van der Waals surface area contributed by atoms with E-state index in [0.717, 1.165) is 49.2 Å². The molecule has 3 rings (SSSR count). The first kappa shape index (κ1) is 21.4. The number of aliphatic carboxylic acids is 1. The van der Waals surface area contributed by atoms with Crippen molar-refractivity contribution in [1.82, 2.24) is 4.90 Å². The molecule has 0 amide bonds. The largest absolute Gasteiger partial charge is 0.493 e. The summed E-state index contributed by atoms with van der Waals surface area (Å²) in [7, 11) is 3.32. The summed E-state index contributed by atoms with van der Waals surface area (Å²) in [6.45, 7) is 4.57. The van der Waals surface area contributed by atoms with Crippen LogP contribution in [0.4, 0.5) is 0 Å². The van der Waals surface area contributed by atoms with Gasteiger partial charge in [-0.05, 0) is 61.4 Å². The standard InChI is InChI=1S/C23H29NO4S/c1-16-11-14-29-22(16)19(18-8-4-10-20(27-2)21(18)28-3)9-6-13-24-12-5-7-17(15-24)23(25)26/h4,8-11,14,17H,5-7,12-13,15H2,1-3H3,(H,25,26)/b19-9-. The molecule has 0 aliphatic carbocycles. The number of hydrogen-bond donors (Lipinski definition) is 1. The molecule has 6 heteroatoms. The second kappa shape index (κ2) is 9.94. The summed E-state index contributed by atoms with van der Waals surface area (Å²) >= 11 is 1.72. The monoisotopic (exact) mass is 415 g/mol. The lowest BCUT2D eigenvalue weighted by molar-refractivity contribution is -0.143. The van der Waals surface area contributed by atoms with Crippen molar-refractivity contribution in [2.24, 2.45) is 5.92 Å². The fourth-order valence-corrected chi connectivity index (χ4v) is 4.91. The summed E-state index contributed by atoms with van der Waals surface area (Å²) in [5, 5.41) is 11.4. The van der Waals surface area contributed by atoms with E-state index in [9.17, 15) is 9.90 Å². The van der Waals surface area contributed by atoms with E-state index in [-0.39, 0.29) is 5.92 Å². The van der Waals surface area contributed by atoms with E-state index in [1.165, 1.54) is 10.4 Å². The zero-order valence-electron chi connectivity index (χ0n) is 17.3. The highest BCUT2D eigenvalue weighted by molar-refractivity contribution is 7.11. The van der Waals surface area contributed by atoms with Gasteiger partial charge >= 0.3 is 5.97 Å². The zero-order chi connectivity index (χ0) is 20.8. The summed E-state index contributed by atoms with van der Waals surface area (Å²) in [6, 6.07) is 8.08. The molecule has 5 nitrogen and oxygen atoms in total. The van der Waals surface area contributed by atoms with Crippen molar-refractivity contribution in [3.8, 4) is 11.5 Å². The Kier molecular flexibility index (Phi) is 7.34. The number of rotatable bonds is 8. The number of para-hydroxylation sites is 1. The molecule has 0 spiro atoms. The smallest absolute Gasteiger partial charge is 0.307 e. The normalized spacial score (nSPS) is 17.9. The van der Waals surface area contributed by atoms with Crippen LogP contribution in [0, 0.1) is 12.8 Å². The van der Waals surface area contributed by atoms with Gasteiger partial charge in [0.25, 0.3) is 0 Å². The van der Waals surface area contributed by atoms with Gasteiger partial charge in [0.1, 0.15) is 0 Å². The number of nitrogens with zero attached hydrogens (tertiary/aromatic N) is 1. The number of piperidine rings is 1. The summed E-state index contributed by atoms with van der Waals surface area (Å²) < 4.78 is 11.2. The fraction of sp³-hybridized carbons (Fsp3) is 0.435. The van der Waals surface area contributed by atoms with Crippen molar-refractivity contribution in [1.29, 1.82) is 0 Å². The Hall–Kier alpha value is -2.31. The fourth-order valence-electron chi connectivity index (χ4n) is 3.92. The molecule has 1 saturated heterocycles. The molecule has 1 N–H and O–H groups in total. The highest BCUT2D eigenvalue weighted by Gasteiger charge is 2.25. The van der Waals surface area contributed by atoms with Crippen LogP contribution in [0.1, 0.15) is 35.3 Å². The quantitative estimate of drug-likeness (QED) is 0.678. The van der Waals surface area contributed by atoms with E-state index in [2.05, 4.69) is 35.4 Å². The van der Waals surface area contributed by atoms with Crippen LogP contribution in [-0.2, 0) is 4.79 Å². The van der Waals surface area contributed by atoms with E-state index in [1.54, 1.807) is 25.6 Å². The SMILES string of the molecule is COc1cccc(/C(=C/CCN2CCCC(C(=O)O)C2)c2sccc2C)c1OC. The van der Waals surface area contributed by atoms with E-state index in [4.69, 9.17) is 9.47 Å². The third-order valence-electron chi connectivity index (χ3n) is 5.45.